The van der Waals surface area contributed by atoms with E-state index < -0.39 is 0 Å². The van der Waals surface area contributed by atoms with Gasteiger partial charge in [0.2, 0.25) is 5.91 Å². The topological polar surface area (TPSA) is 50.4 Å². The molecule has 0 bridgehead atoms. The molecule has 1 saturated carbocycles. The molecule has 106 valence electrons. The molecule has 0 aromatic carbocycles. The average Bonchev–Trinajstić information content (AvgIpc) is 2.37. The summed E-state index contributed by atoms with van der Waals surface area (Å²) in [6, 6.07) is 0.400. The number of methoxy groups -OCH3 is 1. The second kappa shape index (κ2) is 7.74. The Labute approximate surface area is 111 Å². The van der Waals surface area contributed by atoms with Gasteiger partial charge < -0.3 is 15.4 Å². The number of carbonyl (C=O) groups excluding carboxylic acids is 1. The van der Waals surface area contributed by atoms with Crippen molar-refractivity contribution >= 4 is 5.91 Å². The first-order valence-electron chi connectivity index (χ1n) is 7.07. The van der Waals surface area contributed by atoms with Crippen LogP contribution in [0, 0.1) is 5.92 Å². The van der Waals surface area contributed by atoms with Gasteiger partial charge in [0.1, 0.15) is 0 Å². The maximum Gasteiger partial charge on any atom is 0.236 e. The second-order valence-electron chi connectivity index (χ2n) is 5.67. The molecule has 0 heterocycles. The van der Waals surface area contributed by atoms with Crippen molar-refractivity contribution in [2.45, 2.75) is 64.1 Å². The van der Waals surface area contributed by atoms with Gasteiger partial charge in [0.15, 0.2) is 0 Å². The minimum atomic E-state index is -0.0564. The van der Waals surface area contributed by atoms with E-state index in [9.17, 15) is 4.79 Å². The van der Waals surface area contributed by atoms with Crippen LogP contribution in [0.3, 0.4) is 0 Å². The van der Waals surface area contributed by atoms with E-state index in [1.807, 2.05) is 0 Å². The van der Waals surface area contributed by atoms with Gasteiger partial charge in [0.05, 0.1) is 12.1 Å². The predicted octanol–water partition coefficient (Wildman–Crippen LogP) is 1.69. The van der Waals surface area contributed by atoms with Crippen molar-refractivity contribution in [3.8, 4) is 0 Å². The number of rotatable bonds is 6. The molecule has 4 nitrogen and oxygen atoms in total. The Kier molecular flexibility index (Phi) is 6.65. The number of nitrogens with one attached hydrogen (secondary N) is 2. The molecule has 1 rings (SSSR count). The predicted molar refractivity (Wildman–Crippen MR) is 73.5 cm³/mol. The number of amides is 1. The third-order valence-electron chi connectivity index (χ3n) is 3.71. The molecule has 1 fully saturated rings. The second-order valence-corrected chi connectivity index (χ2v) is 5.67. The minimum Gasteiger partial charge on any atom is -0.381 e. The molecule has 0 spiro atoms. The van der Waals surface area contributed by atoms with Crippen LogP contribution in [0.4, 0.5) is 0 Å². The Hall–Kier alpha value is -0.610. The van der Waals surface area contributed by atoms with Gasteiger partial charge in [0.25, 0.3) is 0 Å². The van der Waals surface area contributed by atoms with Crippen LogP contribution in [-0.2, 0) is 9.53 Å². The lowest BCUT2D eigenvalue weighted by Crippen LogP contribution is -2.49. The highest BCUT2D eigenvalue weighted by Gasteiger charge is 2.26. The number of hydrogen-bond donors (Lipinski definition) is 2. The summed E-state index contributed by atoms with van der Waals surface area (Å²) >= 11 is 0. The Balaban J connectivity index is 2.43. The fourth-order valence-electron chi connectivity index (χ4n) is 2.65. The van der Waals surface area contributed by atoms with Gasteiger partial charge in [-0.25, -0.2) is 0 Å². The molecule has 0 aromatic rings. The minimum absolute atomic E-state index is 0.0564. The highest BCUT2D eigenvalue weighted by atomic mass is 16.5. The van der Waals surface area contributed by atoms with Gasteiger partial charge in [-0.15, -0.1) is 0 Å². The number of hydrogen-bond acceptors (Lipinski definition) is 3. The first-order valence-corrected chi connectivity index (χ1v) is 7.07. The number of likely N-dealkylation sites (N-methyl/N-ethyl adjacent to an activating group) is 1. The lowest BCUT2D eigenvalue weighted by Gasteiger charge is -2.31. The molecule has 2 N–H and O–H groups in total. The zero-order valence-corrected chi connectivity index (χ0v) is 12.2. The summed E-state index contributed by atoms with van der Waals surface area (Å²) in [5.41, 5.74) is 0. The van der Waals surface area contributed by atoms with Crippen LogP contribution in [0.2, 0.25) is 0 Å². The summed E-state index contributed by atoms with van der Waals surface area (Å²) in [6.45, 7) is 4.30. The van der Waals surface area contributed by atoms with Gasteiger partial charge in [-0.2, -0.15) is 0 Å². The van der Waals surface area contributed by atoms with Crippen molar-refractivity contribution in [2.24, 2.45) is 5.92 Å². The van der Waals surface area contributed by atoms with E-state index >= 15 is 0 Å². The molecule has 0 aromatic heterocycles. The van der Waals surface area contributed by atoms with Crippen LogP contribution < -0.4 is 10.6 Å². The maximum atomic E-state index is 11.8. The van der Waals surface area contributed by atoms with Crippen molar-refractivity contribution in [3.63, 3.8) is 0 Å². The van der Waals surface area contributed by atoms with Gasteiger partial charge in [-0.1, -0.05) is 13.8 Å². The summed E-state index contributed by atoms with van der Waals surface area (Å²) in [7, 11) is 3.49. The molecule has 1 amide bonds. The summed E-state index contributed by atoms with van der Waals surface area (Å²) in [6.07, 6.45) is 5.69. The molecular formula is C14H28N2O2. The van der Waals surface area contributed by atoms with Gasteiger partial charge >= 0.3 is 0 Å². The maximum absolute atomic E-state index is 11.8. The van der Waals surface area contributed by atoms with Crippen LogP contribution in [0.25, 0.3) is 0 Å². The molecule has 1 aliphatic rings. The van der Waals surface area contributed by atoms with E-state index in [2.05, 4.69) is 24.5 Å². The van der Waals surface area contributed by atoms with Gasteiger partial charge in [-0.3, -0.25) is 4.79 Å². The largest absolute Gasteiger partial charge is 0.381 e. The van der Waals surface area contributed by atoms with Crippen molar-refractivity contribution in [1.82, 2.24) is 10.6 Å². The third kappa shape index (κ3) is 4.94. The Morgan fingerprint density at radius 1 is 1.28 bits per heavy atom. The lowest BCUT2D eigenvalue weighted by molar-refractivity contribution is -0.123. The third-order valence-corrected chi connectivity index (χ3v) is 3.71. The zero-order valence-electron chi connectivity index (χ0n) is 12.2. The van der Waals surface area contributed by atoms with E-state index in [0.29, 0.717) is 18.1 Å². The molecule has 1 aliphatic carbocycles. The number of carbonyl (C=O) groups is 1. The summed E-state index contributed by atoms with van der Waals surface area (Å²) in [4.78, 5) is 11.8. The lowest BCUT2D eigenvalue weighted by atomic mass is 9.91. The van der Waals surface area contributed by atoms with Crippen molar-refractivity contribution in [3.05, 3.63) is 0 Å². The highest BCUT2D eigenvalue weighted by molar-refractivity contribution is 5.81. The van der Waals surface area contributed by atoms with E-state index in [1.165, 1.54) is 0 Å². The summed E-state index contributed by atoms with van der Waals surface area (Å²) in [5, 5.41) is 6.27. The fraction of sp³-hybridized carbons (Fsp3) is 0.929. The highest BCUT2D eigenvalue weighted by Crippen LogP contribution is 2.21. The van der Waals surface area contributed by atoms with E-state index in [0.717, 1.165) is 32.1 Å². The molecule has 4 heteroatoms. The molecule has 0 saturated heterocycles. The van der Waals surface area contributed by atoms with Crippen molar-refractivity contribution in [1.29, 1.82) is 0 Å². The van der Waals surface area contributed by atoms with E-state index in [-0.39, 0.29) is 11.9 Å². The summed E-state index contributed by atoms with van der Waals surface area (Å²) in [5.74, 6) is 0.632. The van der Waals surface area contributed by atoms with Crippen LogP contribution in [-0.4, -0.2) is 38.3 Å². The SMILES string of the molecule is CNC(=O)C(CC(C)C)NC1CCC(OC)CC1. The van der Waals surface area contributed by atoms with Gasteiger partial charge in [-0.05, 0) is 38.0 Å². The molecule has 1 atom stereocenters. The fourth-order valence-corrected chi connectivity index (χ4v) is 2.65. The molecular weight excluding hydrogens is 228 g/mol. The van der Waals surface area contributed by atoms with Crippen LogP contribution >= 0.6 is 0 Å². The molecule has 0 aliphatic heterocycles. The zero-order chi connectivity index (χ0) is 13.5. The molecule has 0 radical (unpaired) electrons. The Morgan fingerprint density at radius 2 is 1.89 bits per heavy atom. The number of ether oxygens (including phenoxy) is 1. The van der Waals surface area contributed by atoms with E-state index in [4.69, 9.17) is 4.74 Å². The monoisotopic (exact) mass is 256 g/mol. The van der Waals surface area contributed by atoms with E-state index in [1.54, 1.807) is 14.2 Å². The first-order chi connectivity index (χ1) is 8.56. The standard InChI is InChI=1S/C14H28N2O2/c1-10(2)9-13(14(17)15-3)16-11-5-7-12(18-4)8-6-11/h10-13,16H,5-9H2,1-4H3,(H,15,17). The van der Waals surface area contributed by atoms with Crippen molar-refractivity contribution < 1.29 is 9.53 Å². The van der Waals surface area contributed by atoms with Gasteiger partial charge in [0, 0.05) is 20.2 Å². The average molecular weight is 256 g/mol. The normalized spacial score (nSPS) is 26.1. The molecule has 1 unspecified atom stereocenters. The molecule has 18 heavy (non-hydrogen) atoms. The smallest absolute Gasteiger partial charge is 0.236 e. The van der Waals surface area contributed by atoms with Crippen LogP contribution in [0.15, 0.2) is 0 Å². The Morgan fingerprint density at radius 3 is 2.33 bits per heavy atom. The Bertz CT molecular complexity index is 248. The van der Waals surface area contributed by atoms with Crippen molar-refractivity contribution in [2.75, 3.05) is 14.2 Å². The quantitative estimate of drug-likeness (QED) is 0.760. The first kappa shape index (κ1) is 15.4. The summed E-state index contributed by atoms with van der Waals surface area (Å²) < 4.78 is 5.37. The van der Waals surface area contributed by atoms with Crippen LogP contribution in [0.1, 0.15) is 46.0 Å². The van der Waals surface area contributed by atoms with Crippen LogP contribution in [0.5, 0.6) is 0 Å².